The summed E-state index contributed by atoms with van der Waals surface area (Å²) in [6, 6.07) is 22.2. The van der Waals surface area contributed by atoms with Crippen molar-refractivity contribution >= 4 is 22.6 Å². The Bertz CT molecular complexity index is 1350. The number of ether oxygens (including phenoxy) is 1. The Hall–Kier alpha value is -3.86. The van der Waals surface area contributed by atoms with Crippen molar-refractivity contribution in [2.75, 3.05) is 13.7 Å². The van der Waals surface area contributed by atoms with Gasteiger partial charge in [0, 0.05) is 21.4 Å². The first kappa shape index (κ1) is 19.1. The molecular formula is C26H22N2O3. The first-order valence-corrected chi connectivity index (χ1v) is 10.2. The largest absolute Gasteiger partial charge is 0.497 e. The van der Waals surface area contributed by atoms with Crippen LogP contribution in [0.3, 0.4) is 0 Å². The van der Waals surface area contributed by atoms with E-state index in [4.69, 9.17) is 4.74 Å². The summed E-state index contributed by atoms with van der Waals surface area (Å²) in [5.74, 6) is 0.355. The third-order valence-corrected chi connectivity index (χ3v) is 6.00. The second kappa shape index (κ2) is 7.43. The van der Waals surface area contributed by atoms with E-state index in [0.29, 0.717) is 0 Å². The van der Waals surface area contributed by atoms with Crippen LogP contribution in [0.5, 0.6) is 5.75 Å². The molecule has 0 spiro atoms. The van der Waals surface area contributed by atoms with E-state index in [2.05, 4.69) is 36.2 Å². The maximum Gasteiger partial charge on any atom is 0.214 e. The fourth-order valence-electron chi connectivity index (χ4n) is 4.62. The molecule has 154 valence electrons. The van der Waals surface area contributed by atoms with Crippen molar-refractivity contribution in [1.29, 1.82) is 0 Å². The van der Waals surface area contributed by atoms with Gasteiger partial charge < -0.3 is 9.72 Å². The van der Waals surface area contributed by atoms with Crippen molar-refractivity contribution in [3.63, 3.8) is 0 Å². The lowest BCUT2D eigenvalue weighted by Crippen LogP contribution is -2.15. The molecule has 0 bridgehead atoms. The van der Waals surface area contributed by atoms with Crippen LogP contribution < -0.4 is 4.74 Å². The number of nitrogens with one attached hydrogen (secondary N) is 1. The van der Waals surface area contributed by atoms with Crippen LogP contribution in [0.25, 0.3) is 22.6 Å². The summed E-state index contributed by atoms with van der Waals surface area (Å²) in [5, 5.41) is 12.7. The summed E-state index contributed by atoms with van der Waals surface area (Å²) in [4.78, 5) is 15.1. The van der Waals surface area contributed by atoms with Crippen LogP contribution in [-0.2, 0) is 0 Å². The van der Waals surface area contributed by atoms with Crippen LogP contribution in [0.2, 0.25) is 0 Å². The van der Waals surface area contributed by atoms with Crippen LogP contribution in [0.15, 0.2) is 66.7 Å². The minimum atomic E-state index is -0.374. The maximum absolute atomic E-state index is 11.7. The number of aromatic nitrogens is 1. The molecule has 1 N–H and O–H groups in total. The topological polar surface area (TPSA) is 68.2 Å². The number of H-pyrrole nitrogens is 1. The Kier molecular flexibility index (Phi) is 4.59. The smallest absolute Gasteiger partial charge is 0.214 e. The number of aromatic amines is 1. The van der Waals surface area contributed by atoms with Gasteiger partial charge in [0.05, 0.1) is 18.7 Å². The second-order valence-corrected chi connectivity index (χ2v) is 7.95. The van der Waals surface area contributed by atoms with Crippen LogP contribution >= 0.6 is 0 Å². The SMILES string of the molecule is COc1ccc2[nH]c3c(c2c1)[C@H](C[N+](=O)[O-])c1ccccc1C=C3c1cccc(C)c1. The van der Waals surface area contributed by atoms with Gasteiger partial charge in [0.25, 0.3) is 0 Å². The number of methoxy groups -OCH3 is 1. The predicted molar refractivity (Wildman–Crippen MR) is 123 cm³/mol. The van der Waals surface area contributed by atoms with E-state index >= 15 is 0 Å². The average molecular weight is 410 g/mol. The average Bonchev–Trinajstić information content (AvgIpc) is 3.08. The molecule has 1 heterocycles. The van der Waals surface area contributed by atoms with Gasteiger partial charge in [0.1, 0.15) is 5.75 Å². The van der Waals surface area contributed by atoms with E-state index in [9.17, 15) is 10.1 Å². The van der Waals surface area contributed by atoms with Gasteiger partial charge in [0.15, 0.2) is 0 Å². The van der Waals surface area contributed by atoms with Gasteiger partial charge >= 0.3 is 0 Å². The molecule has 5 heteroatoms. The fraction of sp³-hybridized carbons (Fsp3) is 0.154. The number of nitro groups is 1. The van der Waals surface area contributed by atoms with Crippen LogP contribution in [0.1, 0.15) is 39.4 Å². The molecule has 5 nitrogen and oxygen atoms in total. The van der Waals surface area contributed by atoms with Gasteiger partial charge in [-0.2, -0.15) is 0 Å². The van der Waals surface area contributed by atoms with Crippen molar-refractivity contribution < 1.29 is 9.66 Å². The Morgan fingerprint density at radius 2 is 1.90 bits per heavy atom. The summed E-state index contributed by atoms with van der Waals surface area (Å²) < 4.78 is 5.46. The van der Waals surface area contributed by atoms with Crippen molar-refractivity contribution in [2.45, 2.75) is 12.8 Å². The molecule has 1 aliphatic rings. The molecule has 0 aliphatic heterocycles. The highest BCUT2D eigenvalue weighted by molar-refractivity contribution is 6.00. The number of nitrogens with zero attached hydrogens (tertiary/aromatic N) is 1. The van der Waals surface area contributed by atoms with Crippen molar-refractivity contribution in [3.05, 3.63) is 110 Å². The zero-order chi connectivity index (χ0) is 21.5. The number of hydrogen-bond donors (Lipinski definition) is 1. The van der Waals surface area contributed by atoms with Crippen LogP contribution in [0.4, 0.5) is 0 Å². The van der Waals surface area contributed by atoms with Crippen LogP contribution in [0, 0.1) is 17.0 Å². The number of benzene rings is 3. The highest BCUT2D eigenvalue weighted by Gasteiger charge is 2.32. The quantitative estimate of drug-likeness (QED) is 0.342. The lowest BCUT2D eigenvalue weighted by molar-refractivity contribution is -0.481. The Morgan fingerprint density at radius 3 is 2.68 bits per heavy atom. The predicted octanol–water partition coefficient (Wildman–Crippen LogP) is 5.80. The molecule has 0 saturated heterocycles. The standard InChI is InChI=1S/C26H22N2O3/c1-16-6-5-8-17(12-16)21-13-18-7-3-4-9-20(18)23(15-28(29)30)25-22-14-19(31-2)10-11-24(22)27-26(21)25/h3-14,23,27H,15H2,1-2H3/t23-/m1/s1. The molecule has 31 heavy (non-hydrogen) atoms. The van der Waals surface area contributed by atoms with Gasteiger partial charge in [-0.25, -0.2) is 0 Å². The monoisotopic (exact) mass is 410 g/mol. The van der Waals surface area contributed by atoms with Gasteiger partial charge in [-0.1, -0.05) is 54.1 Å². The van der Waals surface area contributed by atoms with Crippen LogP contribution in [-0.4, -0.2) is 23.6 Å². The maximum atomic E-state index is 11.7. The van der Waals surface area contributed by atoms with E-state index in [0.717, 1.165) is 55.7 Å². The Labute approximate surface area is 180 Å². The number of rotatable bonds is 4. The third-order valence-electron chi connectivity index (χ3n) is 6.00. The number of fused-ring (bicyclic) bond motifs is 4. The minimum Gasteiger partial charge on any atom is -0.497 e. The summed E-state index contributed by atoms with van der Waals surface area (Å²) in [7, 11) is 1.63. The van der Waals surface area contributed by atoms with Gasteiger partial charge in [0.2, 0.25) is 6.54 Å². The minimum absolute atomic E-state index is 0.177. The highest BCUT2D eigenvalue weighted by atomic mass is 16.6. The van der Waals surface area contributed by atoms with Crippen molar-refractivity contribution in [1.82, 2.24) is 4.98 Å². The summed E-state index contributed by atoms with van der Waals surface area (Å²) in [6.07, 6.45) is 2.15. The summed E-state index contributed by atoms with van der Waals surface area (Å²) in [5.41, 5.74) is 8.07. The molecule has 0 amide bonds. The zero-order valence-electron chi connectivity index (χ0n) is 17.4. The molecule has 0 fully saturated rings. The van der Waals surface area contributed by atoms with E-state index in [1.54, 1.807) is 7.11 Å². The van der Waals surface area contributed by atoms with E-state index in [1.165, 1.54) is 0 Å². The van der Waals surface area contributed by atoms with Crippen molar-refractivity contribution in [3.8, 4) is 5.75 Å². The molecule has 0 unspecified atom stereocenters. The summed E-state index contributed by atoms with van der Waals surface area (Å²) in [6.45, 7) is 1.89. The second-order valence-electron chi connectivity index (χ2n) is 7.95. The normalized spacial score (nSPS) is 15.0. The zero-order valence-corrected chi connectivity index (χ0v) is 17.4. The first-order valence-electron chi connectivity index (χ1n) is 10.2. The molecule has 1 atom stereocenters. The molecular weight excluding hydrogens is 388 g/mol. The lowest BCUT2D eigenvalue weighted by atomic mass is 9.87. The van der Waals surface area contributed by atoms with E-state index < -0.39 is 0 Å². The molecule has 0 saturated carbocycles. The molecule has 4 aromatic rings. The Morgan fingerprint density at radius 1 is 1.06 bits per heavy atom. The fourth-order valence-corrected chi connectivity index (χ4v) is 4.62. The summed E-state index contributed by atoms with van der Waals surface area (Å²) >= 11 is 0. The molecule has 5 rings (SSSR count). The number of hydrogen-bond acceptors (Lipinski definition) is 3. The first-order chi connectivity index (χ1) is 15.0. The highest BCUT2D eigenvalue weighted by Crippen LogP contribution is 2.44. The molecule has 1 aromatic heterocycles. The Balaban J connectivity index is 1.88. The van der Waals surface area contributed by atoms with Gasteiger partial charge in [-0.05, 0) is 53.5 Å². The molecule has 1 aliphatic carbocycles. The van der Waals surface area contributed by atoms with Crippen molar-refractivity contribution in [2.24, 2.45) is 0 Å². The van der Waals surface area contributed by atoms with Gasteiger partial charge in [-0.15, -0.1) is 0 Å². The number of aryl methyl sites for hydroxylation is 1. The molecule has 3 aromatic carbocycles. The van der Waals surface area contributed by atoms with Gasteiger partial charge in [-0.3, -0.25) is 10.1 Å². The van der Waals surface area contributed by atoms with E-state index in [-0.39, 0.29) is 17.4 Å². The third kappa shape index (κ3) is 3.28. The van der Waals surface area contributed by atoms with E-state index in [1.807, 2.05) is 48.5 Å². The molecule has 0 radical (unpaired) electrons. The lowest BCUT2D eigenvalue weighted by Gasteiger charge is -2.16.